The van der Waals surface area contributed by atoms with Crippen molar-refractivity contribution in [1.82, 2.24) is 14.8 Å². The van der Waals surface area contributed by atoms with E-state index >= 15 is 0 Å². The summed E-state index contributed by atoms with van der Waals surface area (Å²) in [6.45, 7) is 3.89. The van der Waals surface area contributed by atoms with E-state index in [1.54, 1.807) is 12.1 Å². The summed E-state index contributed by atoms with van der Waals surface area (Å²) in [5, 5.41) is 6.79. The van der Waals surface area contributed by atoms with E-state index in [1.165, 1.54) is 12.1 Å². The molecule has 0 amide bonds. The third kappa shape index (κ3) is 1.90. The molecule has 1 aromatic carbocycles. The van der Waals surface area contributed by atoms with E-state index in [9.17, 15) is 4.39 Å². The second-order valence-electron chi connectivity index (χ2n) is 3.67. The molecule has 1 unspecified atom stereocenters. The molecule has 0 saturated carbocycles. The molecule has 1 aromatic heterocycles. The molecule has 1 heterocycles. The molecule has 2 aromatic rings. The third-order valence-corrected chi connectivity index (χ3v) is 2.91. The zero-order chi connectivity index (χ0) is 11.7. The maximum Gasteiger partial charge on any atom is 0.195 e. The molecule has 3 nitrogen and oxygen atoms in total. The van der Waals surface area contributed by atoms with Crippen LogP contribution in [0.3, 0.4) is 0 Å². The monoisotopic (exact) mass is 237 g/mol. The Kier molecular flexibility index (Phi) is 2.87. The van der Waals surface area contributed by atoms with Gasteiger partial charge in [-0.1, -0.05) is 12.1 Å². The first-order valence-corrected chi connectivity index (χ1v) is 5.39. The largest absolute Gasteiger partial charge is 0.297 e. The molecule has 2 rings (SSSR count). The molecule has 5 heteroatoms. The normalized spacial score (nSPS) is 12.7. The summed E-state index contributed by atoms with van der Waals surface area (Å²) in [6.07, 6.45) is 0. The van der Waals surface area contributed by atoms with Crippen LogP contribution >= 0.6 is 12.2 Å². The summed E-state index contributed by atoms with van der Waals surface area (Å²) in [7, 11) is 0. The maximum atomic E-state index is 12.8. The number of nitrogens with one attached hydrogen (secondary N) is 1. The molecular formula is C11H12FN3S. The highest BCUT2D eigenvalue weighted by molar-refractivity contribution is 7.71. The van der Waals surface area contributed by atoms with Gasteiger partial charge in [-0.3, -0.25) is 9.67 Å². The van der Waals surface area contributed by atoms with Crippen molar-refractivity contribution in [3.63, 3.8) is 0 Å². The molecule has 0 aliphatic rings. The predicted octanol–water partition coefficient (Wildman–Crippen LogP) is 3.00. The van der Waals surface area contributed by atoms with Crippen LogP contribution in [0, 0.1) is 17.5 Å². The molecule has 0 saturated heterocycles. The molecule has 16 heavy (non-hydrogen) atoms. The molecule has 0 radical (unpaired) electrons. The van der Waals surface area contributed by atoms with Gasteiger partial charge in [0.25, 0.3) is 0 Å². The smallest absolute Gasteiger partial charge is 0.195 e. The van der Waals surface area contributed by atoms with Crippen molar-refractivity contribution in [2.75, 3.05) is 0 Å². The fourth-order valence-corrected chi connectivity index (χ4v) is 2.07. The van der Waals surface area contributed by atoms with Gasteiger partial charge in [0.15, 0.2) is 4.77 Å². The van der Waals surface area contributed by atoms with Crippen LogP contribution < -0.4 is 0 Å². The average molecular weight is 237 g/mol. The van der Waals surface area contributed by atoms with Gasteiger partial charge in [-0.05, 0) is 43.8 Å². The van der Waals surface area contributed by atoms with Gasteiger partial charge in [-0.15, -0.1) is 0 Å². The number of halogens is 1. The first-order valence-electron chi connectivity index (χ1n) is 4.98. The van der Waals surface area contributed by atoms with Crippen LogP contribution in [0.15, 0.2) is 24.3 Å². The molecule has 0 spiro atoms. The van der Waals surface area contributed by atoms with Crippen LogP contribution in [0.5, 0.6) is 0 Å². The predicted molar refractivity (Wildman–Crippen MR) is 62.4 cm³/mol. The molecule has 0 fully saturated rings. The Hall–Kier alpha value is -1.49. The summed E-state index contributed by atoms with van der Waals surface area (Å²) in [5.74, 6) is 0.588. The van der Waals surface area contributed by atoms with Gasteiger partial charge < -0.3 is 0 Å². The second-order valence-corrected chi connectivity index (χ2v) is 4.06. The summed E-state index contributed by atoms with van der Waals surface area (Å²) in [5.41, 5.74) is 1.00. The molecule has 84 valence electrons. The highest BCUT2D eigenvalue weighted by atomic mass is 32.1. The average Bonchev–Trinajstić information content (AvgIpc) is 2.59. The second kappa shape index (κ2) is 4.17. The van der Waals surface area contributed by atoms with E-state index in [4.69, 9.17) is 12.2 Å². The standard InChI is InChI=1S/C11H12FN3S/c1-7(9-3-5-10(12)6-4-9)15-8(2)13-14-11(15)16/h3-7H,1-2H3,(H,14,16). The quantitative estimate of drug-likeness (QED) is 0.815. The molecule has 0 aliphatic heterocycles. The van der Waals surface area contributed by atoms with Crippen LogP contribution in [-0.4, -0.2) is 14.8 Å². The molecule has 1 N–H and O–H groups in total. The zero-order valence-electron chi connectivity index (χ0n) is 9.07. The Labute approximate surface area is 97.9 Å². The van der Waals surface area contributed by atoms with Gasteiger partial charge in [0.05, 0.1) is 6.04 Å². The van der Waals surface area contributed by atoms with E-state index in [1.807, 2.05) is 18.4 Å². The summed E-state index contributed by atoms with van der Waals surface area (Å²) in [6, 6.07) is 6.46. The molecule has 0 bridgehead atoms. The van der Waals surface area contributed by atoms with Gasteiger partial charge in [0.1, 0.15) is 11.6 Å². The van der Waals surface area contributed by atoms with Gasteiger partial charge in [-0.2, -0.15) is 5.10 Å². The minimum atomic E-state index is -0.233. The number of hydrogen-bond acceptors (Lipinski definition) is 2. The zero-order valence-corrected chi connectivity index (χ0v) is 9.88. The van der Waals surface area contributed by atoms with Gasteiger partial charge in [0, 0.05) is 0 Å². The van der Waals surface area contributed by atoms with E-state index < -0.39 is 0 Å². The van der Waals surface area contributed by atoms with Crippen molar-refractivity contribution in [2.24, 2.45) is 0 Å². The van der Waals surface area contributed by atoms with Crippen LogP contribution in [0.25, 0.3) is 0 Å². The Morgan fingerprint density at radius 2 is 2.00 bits per heavy atom. The Balaban J connectivity index is 2.43. The Morgan fingerprint density at radius 1 is 1.38 bits per heavy atom. The number of rotatable bonds is 2. The van der Waals surface area contributed by atoms with Crippen molar-refractivity contribution >= 4 is 12.2 Å². The third-order valence-electron chi connectivity index (χ3n) is 2.62. The van der Waals surface area contributed by atoms with E-state index in [2.05, 4.69) is 10.2 Å². The first-order chi connectivity index (χ1) is 7.59. The van der Waals surface area contributed by atoms with Crippen molar-refractivity contribution < 1.29 is 4.39 Å². The Bertz CT molecular complexity index is 541. The number of benzene rings is 1. The van der Waals surface area contributed by atoms with Gasteiger partial charge in [0.2, 0.25) is 0 Å². The fourth-order valence-electron chi connectivity index (χ4n) is 1.73. The summed E-state index contributed by atoms with van der Waals surface area (Å²) < 4.78 is 15.3. The van der Waals surface area contributed by atoms with Crippen molar-refractivity contribution in [3.8, 4) is 0 Å². The lowest BCUT2D eigenvalue weighted by atomic mass is 10.1. The number of aromatic amines is 1. The highest BCUT2D eigenvalue weighted by Gasteiger charge is 2.11. The van der Waals surface area contributed by atoms with Crippen molar-refractivity contribution in [3.05, 3.63) is 46.2 Å². The minimum Gasteiger partial charge on any atom is -0.297 e. The summed E-state index contributed by atoms with van der Waals surface area (Å²) in [4.78, 5) is 0. The van der Waals surface area contributed by atoms with Crippen LogP contribution in [-0.2, 0) is 0 Å². The van der Waals surface area contributed by atoms with E-state index in [0.29, 0.717) is 4.77 Å². The van der Waals surface area contributed by atoms with Crippen LogP contribution in [0.4, 0.5) is 4.39 Å². The van der Waals surface area contributed by atoms with E-state index in [-0.39, 0.29) is 11.9 Å². The lowest BCUT2D eigenvalue weighted by Crippen LogP contribution is -2.08. The fraction of sp³-hybridized carbons (Fsp3) is 0.273. The first kappa shape index (κ1) is 11.0. The van der Waals surface area contributed by atoms with Crippen LogP contribution in [0.1, 0.15) is 24.4 Å². The summed E-state index contributed by atoms with van der Waals surface area (Å²) >= 11 is 5.15. The molecule has 1 atom stereocenters. The van der Waals surface area contributed by atoms with Gasteiger partial charge in [-0.25, -0.2) is 4.39 Å². The lowest BCUT2D eigenvalue weighted by Gasteiger charge is -2.14. The molecule has 0 aliphatic carbocycles. The number of hydrogen-bond donors (Lipinski definition) is 1. The van der Waals surface area contributed by atoms with Crippen molar-refractivity contribution in [1.29, 1.82) is 0 Å². The molecular weight excluding hydrogens is 225 g/mol. The minimum absolute atomic E-state index is 0.0480. The SMILES string of the molecule is Cc1n[nH]c(=S)n1C(C)c1ccc(F)cc1. The number of H-pyrrole nitrogens is 1. The van der Waals surface area contributed by atoms with E-state index in [0.717, 1.165) is 11.4 Å². The number of aromatic nitrogens is 3. The van der Waals surface area contributed by atoms with Gasteiger partial charge >= 0.3 is 0 Å². The van der Waals surface area contributed by atoms with Crippen LogP contribution in [0.2, 0.25) is 0 Å². The number of aryl methyl sites for hydroxylation is 1. The lowest BCUT2D eigenvalue weighted by molar-refractivity contribution is 0.601. The Morgan fingerprint density at radius 3 is 2.50 bits per heavy atom. The van der Waals surface area contributed by atoms with Crippen molar-refractivity contribution in [2.45, 2.75) is 19.9 Å². The topological polar surface area (TPSA) is 33.6 Å². The number of nitrogens with zero attached hydrogens (tertiary/aromatic N) is 2. The highest BCUT2D eigenvalue weighted by Crippen LogP contribution is 2.19. The maximum absolute atomic E-state index is 12.8.